The highest BCUT2D eigenvalue weighted by molar-refractivity contribution is 6.02. The number of hydrogen-bond acceptors (Lipinski definition) is 3. The van der Waals surface area contributed by atoms with Crippen molar-refractivity contribution in [2.24, 2.45) is 10.7 Å². The van der Waals surface area contributed by atoms with Gasteiger partial charge in [-0.3, -0.25) is 9.79 Å². The molecule has 1 aromatic rings. The zero-order valence-corrected chi connectivity index (χ0v) is 7.87. The zero-order valence-electron chi connectivity index (χ0n) is 7.87. The highest BCUT2D eigenvalue weighted by Crippen LogP contribution is 2.18. The van der Waals surface area contributed by atoms with Crippen molar-refractivity contribution in [3.8, 4) is 0 Å². The van der Waals surface area contributed by atoms with Crippen LogP contribution in [-0.4, -0.2) is 18.8 Å². The van der Waals surface area contributed by atoms with Gasteiger partial charge in [-0.05, 0) is 17.7 Å². The number of hydrogen-bond donors (Lipinski definition) is 2. The molecule has 0 unspecified atom stereocenters. The second kappa shape index (κ2) is 3.14. The summed E-state index contributed by atoms with van der Waals surface area (Å²) < 4.78 is 0. The fourth-order valence-corrected chi connectivity index (χ4v) is 1.52. The van der Waals surface area contributed by atoms with Crippen molar-refractivity contribution in [3.05, 3.63) is 34.9 Å². The zero-order chi connectivity index (χ0) is 10.1. The van der Waals surface area contributed by atoms with E-state index in [1.807, 2.05) is 12.1 Å². The molecule has 72 valence electrons. The Labute approximate surface area is 81.8 Å². The third kappa shape index (κ3) is 1.25. The Hall–Kier alpha value is -1.84. The van der Waals surface area contributed by atoms with Crippen LogP contribution in [-0.2, 0) is 6.54 Å². The van der Waals surface area contributed by atoms with Crippen molar-refractivity contribution in [2.75, 3.05) is 7.05 Å². The molecule has 0 aromatic heterocycles. The van der Waals surface area contributed by atoms with Gasteiger partial charge in [0.15, 0.2) is 0 Å². The number of carbonyl (C=O) groups is 1. The molecule has 0 atom stereocenters. The molecule has 0 saturated carbocycles. The number of amides is 1. The van der Waals surface area contributed by atoms with Crippen LogP contribution in [0.15, 0.2) is 23.2 Å². The molecule has 1 aliphatic heterocycles. The maximum atomic E-state index is 11.3. The monoisotopic (exact) mass is 189 g/mol. The van der Waals surface area contributed by atoms with Crippen LogP contribution in [0.5, 0.6) is 0 Å². The smallest absolute Gasteiger partial charge is 0.251 e. The summed E-state index contributed by atoms with van der Waals surface area (Å²) in [6.45, 7) is 0.575. The van der Waals surface area contributed by atoms with E-state index in [9.17, 15) is 4.79 Å². The number of fused-ring (bicyclic) bond motifs is 1. The van der Waals surface area contributed by atoms with E-state index in [-0.39, 0.29) is 5.91 Å². The van der Waals surface area contributed by atoms with Crippen molar-refractivity contribution < 1.29 is 4.79 Å². The van der Waals surface area contributed by atoms with Gasteiger partial charge in [-0.25, -0.2) is 0 Å². The highest BCUT2D eigenvalue weighted by Gasteiger charge is 2.14. The third-order valence-electron chi connectivity index (χ3n) is 2.29. The van der Waals surface area contributed by atoms with Crippen molar-refractivity contribution in [1.82, 2.24) is 5.32 Å². The molecule has 1 aromatic carbocycles. The maximum Gasteiger partial charge on any atom is 0.251 e. The topological polar surface area (TPSA) is 67.5 Å². The molecule has 0 aliphatic carbocycles. The van der Waals surface area contributed by atoms with Gasteiger partial charge >= 0.3 is 0 Å². The lowest BCUT2D eigenvalue weighted by Crippen LogP contribution is -2.18. The summed E-state index contributed by atoms with van der Waals surface area (Å²) in [6, 6.07) is 5.43. The summed E-state index contributed by atoms with van der Waals surface area (Å²) in [5, 5.41) is 2.58. The molecule has 2 rings (SSSR count). The molecule has 14 heavy (non-hydrogen) atoms. The molecule has 1 heterocycles. The fourth-order valence-electron chi connectivity index (χ4n) is 1.52. The molecule has 0 spiro atoms. The minimum absolute atomic E-state index is 0.0849. The van der Waals surface area contributed by atoms with E-state index in [1.165, 1.54) is 0 Å². The van der Waals surface area contributed by atoms with E-state index in [2.05, 4.69) is 10.3 Å². The van der Waals surface area contributed by atoms with Crippen LogP contribution in [0, 0.1) is 0 Å². The van der Waals surface area contributed by atoms with Crippen LogP contribution in [0.25, 0.3) is 0 Å². The van der Waals surface area contributed by atoms with Crippen LogP contribution < -0.4 is 11.1 Å². The van der Waals surface area contributed by atoms with Gasteiger partial charge in [0.25, 0.3) is 5.91 Å². The van der Waals surface area contributed by atoms with E-state index < -0.39 is 0 Å². The summed E-state index contributed by atoms with van der Waals surface area (Å²) in [5.41, 5.74) is 8.26. The minimum Gasteiger partial charge on any atom is -0.383 e. The molecule has 4 nitrogen and oxygen atoms in total. The molecule has 0 bridgehead atoms. The van der Waals surface area contributed by atoms with Crippen molar-refractivity contribution >= 4 is 11.7 Å². The lowest BCUT2D eigenvalue weighted by Gasteiger charge is -2.03. The average molecular weight is 189 g/mol. The molecule has 4 heteroatoms. The van der Waals surface area contributed by atoms with Crippen molar-refractivity contribution in [2.45, 2.75) is 6.54 Å². The van der Waals surface area contributed by atoms with Gasteiger partial charge in [0, 0.05) is 18.2 Å². The number of benzene rings is 1. The summed E-state index contributed by atoms with van der Waals surface area (Å²) >= 11 is 0. The number of nitrogens with two attached hydrogens (primary N) is 1. The first-order valence-corrected chi connectivity index (χ1v) is 4.37. The summed E-state index contributed by atoms with van der Waals surface area (Å²) in [5.74, 6) is 0.474. The number of nitrogens with zero attached hydrogens (tertiary/aromatic N) is 1. The quantitative estimate of drug-likeness (QED) is 0.665. The van der Waals surface area contributed by atoms with E-state index in [1.54, 1.807) is 13.1 Å². The van der Waals surface area contributed by atoms with Gasteiger partial charge in [0.1, 0.15) is 5.84 Å². The second-order valence-corrected chi connectivity index (χ2v) is 3.15. The van der Waals surface area contributed by atoms with Gasteiger partial charge < -0.3 is 11.1 Å². The van der Waals surface area contributed by atoms with Crippen LogP contribution in [0.3, 0.4) is 0 Å². The number of carbonyl (C=O) groups excluding carboxylic acids is 1. The molecule has 3 N–H and O–H groups in total. The second-order valence-electron chi connectivity index (χ2n) is 3.15. The van der Waals surface area contributed by atoms with Gasteiger partial charge in [0.05, 0.1) is 6.54 Å². The first-order chi connectivity index (χ1) is 6.72. The SMILES string of the molecule is CNC(=O)c1ccc2c(c1)CN=C2N. The molecular formula is C10H11N3O. The lowest BCUT2D eigenvalue weighted by atomic mass is 10.0. The minimum atomic E-state index is -0.0849. The Balaban J connectivity index is 2.40. The fraction of sp³-hybridized carbons (Fsp3) is 0.200. The highest BCUT2D eigenvalue weighted by atomic mass is 16.1. The molecule has 0 saturated heterocycles. The van der Waals surface area contributed by atoms with Gasteiger partial charge in [-0.15, -0.1) is 0 Å². The normalized spacial score (nSPS) is 13.4. The maximum absolute atomic E-state index is 11.3. The first-order valence-electron chi connectivity index (χ1n) is 4.37. The van der Waals surface area contributed by atoms with Crippen molar-refractivity contribution in [3.63, 3.8) is 0 Å². The van der Waals surface area contributed by atoms with E-state index in [0.29, 0.717) is 17.9 Å². The Bertz CT molecular complexity index is 423. The molecule has 0 radical (unpaired) electrons. The predicted octanol–water partition coefficient (Wildman–Crippen LogP) is 0.265. The lowest BCUT2D eigenvalue weighted by molar-refractivity contribution is 0.0963. The average Bonchev–Trinajstić information content (AvgIpc) is 2.59. The number of amidine groups is 1. The summed E-state index contributed by atoms with van der Waals surface area (Å²) in [7, 11) is 1.61. The Morgan fingerprint density at radius 3 is 3.07 bits per heavy atom. The molecule has 0 fully saturated rings. The Morgan fingerprint density at radius 1 is 1.57 bits per heavy atom. The molecule has 1 amide bonds. The van der Waals surface area contributed by atoms with Gasteiger partial charge in [-0.2, -0.15) is 0 Å². The molecular weight excluding hydrogens is 178 g/mol. The Kier molecular flexibility index (Phi) is 1.96. The summed E-state index contributed by atoms with van der Waals surface area (Å²) in [4.78, 5) is 15.4. The number of nitrogens with one attached hydrogen (secondary N) is 1. The number of rotatable bonds is 1. The predicted molar refractivity (Wildman–Crippen MR) is 54.3 cm³/mol. The van der Waals surface area contributed by atoms with E-state index in [4.69, 9.17) is 5.73 Å². The van der Waals surface area contributed by atoms with Crippen LogP contribution in [0.2, 0.25) is 0 Å². The van der Waals surface area contributed by atoms with E-state index >= 15 is 0 Å². The van der Waals surface area contributed by atoms with Crippen LogP contribution in [0.4, 0.5) is 0 Å². The van der Waals surface area contributed by atoms with Gasteiger partial charge in [-0.1, -0.05) is 6.07 Å². The van der Waals surface area contributed by atoms with Crippen molar-refractivity contribution in [1.29, 1.82) is 0 Å². The standard InChI is InChI=1S/C10H11N3O/c1-12-10(14)6-2-3-8-7(4-6)5-13-9(8)11/h2-4H,5H2,1H3,(H2,11,13)(H,12,14). The number of aliphatic imine (C=N–C) groups is 1. The largest absolute Gasteiger partial charge is 0.383 e. The van der Waals surface area contributed by atoms with E-state index in [0.717, 1.165) is 11.1 Å². The van der Waals surface area contributed by atoms with Gasteiger partial charge in [0.2, 0.25) is 0 Å². The third-order valence-corrected chi connectivity index (χ3v) is 2.29. The Morgan fingerprint density at radius 2 is 2.36 bits per heavy atom. The molecule has 1 aliphatic rings. The van der Waals surface area contributed by atoms with Crippen LogP contribution >= 0.6 is 0 Å². The van der Waals surface area contributed by atoms with Crippen LogP contribution in [0.1, 0.15) is 21.5 Å². The first kappa shape index (κ1) is 8.74. The summed E-state index contributed by atoms with van der Waals surface area (Å²) in [6.07, 6.45) is 0.